The minimum Gasteiger partial charge on any atom is -0.497 e. The molecule has 0 unspecified atom stereocenters. The van der Waals surface area contributed by atoms with Crippen LogP contribution in [0.5, 0.6) is 23.0 Å². The molecule has 0 saturated heterocycles. The summed E-state index contributed by atoms with van der Waals surface area (Å²) in [6, 6.07) is 17.6. The van der Waals surface area contributed by atoms with Crippen LogP contribution in [0.15, 0.2) is 75.7 Å². The number of para-hydroxylation sites is 1. The molecule has 0 saturated carbocycles. The maximum Gasteiger partial charge on any atom is 0.266 e. The van der Waals surface area contributed by atoms with Gasteiger partial charge in [-0.2, -0.15) is 5.10 Å². The molecule has 0 fully saturated rings. The average molecular weight is 535 g/mol. The van der Waals surface area contributed by atoms with Crippen molar-refractivity contribution in [2.45, 2.75) is 5.16 Å². The van der Waals surface area contributed by atoms with E-state index in [1.165, 1.54) is 32.1 Å². The van der Waals surface area contributed by atoms with Crippen molar-refractivity contribution < 1.29 is 23.7 Å². The number of fused-ring (bicyclic) bond motifs is 1. The third-order valence-electron chi connectivity index (χ3n) is 5.50. The Hall–Kier alpha value is -4.51. The maximum atomic E-state index is 13.4. The summed E-state index contributed by atoms with van der Waals surface area (Å²) in [6.07, 6.45) is 1.47. The molecule has 1 heterocycles. The van der Waals surface area contributed by atoms with Gasteiger partial charge < -0.3 is 18.9 Å². The Morgan fingerprint density at radius 1 is 0.974 bits per heavy atom. The molecule has 0 spiro atoms. The molecular weight excluding hydrogens is 508 g/mol. The molecule has 1 amide bonds. The topological polar surface area (TPSA) is 113 Å². The van der Waals surface area contributed by atoms with Gasteiger partial charge in [-0.25, -0.2) is 10.4 Å². The molecule has 0 aliphatic rings. The zero-order valence-electron chi connectivity index (χ0n) is 21.3. The van der Waals surface area contributed by atoms with Crippen molar-refractivity contribution >= 4 is 34.8 Å². The average Bonchev–Trinajstić information content (AvgIpc) is 2.95. The van der Waals surface area contributed by atoms with E-state index in [1.54, 1.807) is 61.7 Å². The molecule has 3 aromatic carbocycles. The summed E-state index contributed by atoms with van der Waals surface area (Å²) >= 11 is 1.13. The van der Waals surface area contributed by atoms with Gasteiger partial charge in [0, 0.05) is 5.56 Å². The monoisotopic (exact) mass is 534 g/mol. The van der Waals surface area contributed by atoms with Crippen LogP contribution in [-0.4, -0.2) is 55.9 Å². The standard InChI is InChI=1S/C27H26N4O6S/c1-34-19-11-9-18(10-12-19)31-26(33)20-7-5-6-8-21(20)29-27(31)38-16-24(32)30-28-15-17-13-22(35-2)25(37-4)23(14-17)36-3/h5-15H,16H2,1-4H3,(H,30,32). The first-order chi connectivity index (χ1) is 18.5. The van der Waals surface area contributed by atoms with E-state index in [-0.39, 0.29) is 17.2 Å². The van der Waals surface area contributed by atoms with Gasteiger partial charge in [0.1, 0.15) is 5.75 Å². The summed E-state index contributed by atoms with van der Waals surface area (Å²) in [5, 5.41) is 4.89. The van der Waals surface area contributed by atoms with Gasteiger partial charge in [-0.1, -0.05) is 23.9 Å². The lowest BCUT2D eigenvalue weighted by atomic mass is 10.2. The number of aromatic nitrogens is 2. The highest BCUT2D eigenvalue weighted by molar-refractivity contribution is 7.99. The van der Waals surface area contributed by atoms with E-state index in [4.69, 9.17) is 18.9 Å². The number of benzene rings is 3. The number of nitrogens with one attached hydrogen (secondary N) is 1. The lowest BCUT2D eigenvalue weighted by molar-refractivity contribution is -0.118. The zero-order chi connectivity index (χ0) is 27.1. The minimum atomic E-state index is -0.373. The minimum absolute atomic E-state index is 0.0203. The van der Waals surface area contributed by atoms with Gasteiger partial charge in [0.25, 0.3) is 11.5 Å². The van der Waals surface area contributed by atoms with Crippen LogP contribution in [0.2, 0.25) is 0 Å². The number of ether oxygens (including phenoxy) is 4. The number of carbonyl (C=O) groups excluding carboxylic acids is 1. The van der Waals surface area contributed by atoms with Crippen molar-refractivity contribution in [1.29, 1.82) is 0 Å². The number of thioether (sulfide) groups is 1. The molecule has 0 aliphatic heterocycles. The second-order valence-corrected chi connectivity index (χ2v) is 8.73. The van der Waals surface area contributed by atoms with E-state index >= 15 is 0 Å². The maximum absolute atomic E-state index is 13.4. The van der Waals surface area contributed by atoms with Crippen LogP contribution in [0, 0.1) is 0 Å². The summed E-state index contributed by atoms with van der Waals surface area (Å²) in [6.45, 7) is 0. The molecule has 38 heavy (non-hydrogen) atoms. The van der Waals surface area contributed by atoms with Gasteiger partial charge in [0.2, 0.25) is 5.75 Å². The number of amides is 1. The SMILES string of the molecule is COc1ccc(-n2c(SCC(=O)NN=Cc3cc(OC)c(OC)c(OC)c3)nc3ccccc3c2=O)cc1. The Kier molecular flexibility index (Phi) is 8.49. The summed E-state index contributed by atoms with van der Waals surface area (Å²) in [7, 11) is 6.13. The Morgan fingerprint density at radius 2 is 1.66 bits per heavy atom. The van der Waals surface area contributed by atoms with Gasteiger partial charge in [-0.3, -0.25) is 14.2 Å². The first-order valence-corrected chi connectivity index (χ1v) is 12.4. The van der Waals surface area contributed by atoms with E-state index in [9.17, 15) is 9.59 Å². The number of nitrogens with zero attached hydrogens (tertiary/aromatic N) is 3. The van der Waals surface area contributed by atoms with Crippen LogP contribution in [-0.2, 0) is 4.79 Å². The highest BCUT2D eigenvalue weighted by Gasteiger charge is 2.15. The van der Waals surface area contributed by atoms with Crippen molar-refractivity contribution in [3.63, 3.8) is 0 Å². The molecular formula is C27H26N4O6S. The van der Waals surface area contributed by atoms with Crippen molar-refractivity contribution in [1.82, 2.24) is 15.0 Å². The number of rotatable bonds is 10. The number of hydrazone groups is 1. The fourth-order valence-electron chi connectivity index (χ4n) is 3.69. The van der Waals surface area contributed by atoms with Crippen molar-refractivity contribution in [3.8, 4) is 28.7 Å². The quantitative estimate of drug-likeness (QED) is 0.142. The highest BCUT2D eigenvalue weighted by atomic mass is 32.2. The van der Waals surface area contributed by atoms with E-state index in [1.807, 2.05) is 6.07 Å². The molecule has 10 nitrogen and oxygen atoms in total. The molecule has 0 aliphatic carbocycles. The second kappa shape index (κ2) is 12.2. The predicted octanol–water partition coefficient (Wildman–Crippen LogP) is 3.66. The number of hydrogen-bond acceptors (Lipinski definition) is 9. The first-order valence-electron chi connectivity index (χ1n) is 11.4. The molecule has 0 atom stereocenters. The summed E-state index contributed by atoms with van der Waals surface area (Å²) in [5.41, 5.74) is 4.06. The molecule has 1 aromatic heterocycles. The van der Waals surface area contributed by atoms with Gasteiger partial charge in [-0.15, -0.1) is 0 Å². The van der Waals surface area contributed by atoms with E-state index in [2.05, 4.69) is 15.5 Å². The van der Waals surface area contributed by atoms with Crippen LogP contribution in [0.3, 0.4) is 0 Å². The van der Waals surface area contributed by atoms with Gasteiger partial charge in [-0.05, 0) is 48.5 Å². The Balaban J connectivity index is 1.53. The Labute approximate surface area is 223 Å². The molecule has 0 bridgehead atoms. The highest BCUT2D eigenvalue weighted by Crippen LogP contribution is 2.37. The number of carbonyl (C=O) groups is 1. The fraction of sp³-hybridized carbons (Fsp3) is 0.185. The smallest absolute Gasteiger partial charge is 0.266 e. The Bertz CT molecular complexity index is 1510. The van der Waals surface area contributed by atoms with Gasteiger partial charge in [0.15, 0.2) is 16.7 Å². The normalized spacial score (nSPS) is 10.9. The van der Waals surface area contributed by atoms with E-state index in [0.29, 0.717) is 50.3 Å². The van der Waals surface area contributed by atoms with Crippen LogP contribution < -0.4 is 29.9 Å². The van der Waals surface area contributed by atoms with Crippen LogP contribution in [0.1, 0.15) is 5.56 Å². The number of methoxy groups -OCH3 is 4. The predicted molar refractivity (Wildman–Crippen MR) is 146 cm³/mol. The summed E-state index contributed by atoms with van der Waals surface area (Å²) in [5.74, 6) is 1.66. The zero-order valence-corrected chi connectivity index (χ0v) is 22.1. The molecule has 4 rings (SSSR count). The van der Waals surface area contributed by atoms with Crippen LogP contribution >= 0.6 is 11.8 Å². The van der Waals surface area contributed by atoms with Crippen LogP contribution in [0.4, 0.5) is 0 Å². The molecule has 1 N–H and O–H groups in total. The van der Waals surface area contributed by atoms with Crippen LogP contribution in [0.25, 0.3) is 16.6 Å². The lowest BCUT2D eigenvalue weighted by Gasteiger charge is -2.13. The van der Waals surface area contributed by atoms with Crippen molar-refractivity contribution in [3.05, 3.63) is 76.6 Å². The van der Waals surface area contributed by atoms with Crippen molar-refractivity contribution in [2.24, 2.45) is 5.10 Å². The third-order valence-corrected chi connectivity index (χ3v) is 6.44. The van der Waals surface area contributed by atoms with Crippen molar-refractivity contribution in [2.75, 3.05) is 34.2 Å². The number of hydrogen-bond donors (Lipinski definition) is 1. The summed E-state index contributed by atoms with van der Waals surface area (Å²) < 4.78 is 22.7. The largest absolute Gasteiger partial charge is 0.497 e. The molecule has 196 valence electrons. The fourth-order valence-corrected chi connectivity index (χ4v) is 4.49. The molecule has 11 heteroatoms. The first kappa shape index (κ1) is 26.6. The Morgan fingerprint density at radius 3 is 2.29 bits per heavy atom. The molecule has 4 aromatic rings. The second-order valence-electron chi connectivity index (χ2n) is 7.79. The van der Waals surface area contributed by atoms with Gasteiger partial charge in [0.05, 0.1) is 57.0 Å². The third kappa shape index (κ3) is 5.73. The summed E-state index contributed by atoms with van der Waals surface area (Å²) in [4.78, 5) is 30.6. The van der Waals surface area contributed by atoms with E-state index < -0.39 is 0 Å². The molecule has 0 radical (unpaired) electrons. The van der Waals surface area contributed by atoms with Gasteiger partial charge >= 0.3 is 0 Å². The van der Waals surface area contributed by atoms with E-state index in [0.717, 1.165) is 11.8 Å². The lowest BCUT2D eigenvalue weighted by Crippen LogP contribution is -2.24.